The largest absolute Gasteiger partial charge is 0.493 e. The minimum Gasteiger partial charge on any atom is -0.493 e. The van der Waals surface area contributed by atoms with Crippen molar-refractivity contribution < 1.29 is 22.4 Å². The Morgan fingerprint density at radius 3 is 2.43 bits per heavy atom. The third-order valence-corrected chi connectivity index (χ3v) is 4.21. The van der Waals surface area contributed by atoms with Gasteiger partial charge in [0.15, 0.2) is 0 Å². The molecule has 155 valence electrons. The molecule has 1 aromatic carbocycles. The van der Waals surface area contributed by atoms with Gasteiger partial charge in [-0.3, -0.25) is 0 Å². The van der Waals surface area contributed by atoms with Gasteiger partial charge in [-0.1, -0.05) is 44.2 Å². The van der Waals surface area contributed by atoms with Crippen molar-refractivity contribution in [2.24, 2.45) is 5.73 Å². The topological polar surface area (TPSA) is 74.2 Å². The van der Waals surface area contributed by atoms with Crippen molar-refractivity contribution in [2.75, 3.05) is 6.61 Å². The molecule has 0 amide bonds. The average Bonchev–Trinajstić information content (AvgIpc) is 3.11. The van der Waals surface area contributed by atoms with E-state index in [1.165, 1.54) is 18.6 Å². The second kappa shape index (κ2) is 9.41. The van der Waals surface area contributed by atoms with E-state index in [1.807, 2.05) is 0 Å². The number of hydrogen-bond donors (Lipinski definition) is 1. The van der Waals surface area contributed by atoms with Crippen LogP contribution in [0.15, 0.2) is 22.7 Å². The van der Waals surface area contributed by atoms with Crippen molar-refractivity contribution in [3.8, 4) is 17.1 Å². The highest BCUT2D eigenvalue weighted by molar-refractivity contribution is 5.59. The summed E-state index contributed by atoms with van der Waals surface area (Å²) in [5, 5.41) is 3.70. The number of rotatable bonds is 10. The predicted molar refractivity (Wildman–Crippen MR) is 101 cm³/mol. The van der Waals surface area contributed by atoms with Crippen LogP contribution in [0.1, 0.15) is 63.8 Å². The molecule has 8 heteroatoms. The maximum absolute atomic E-state index is 13.5. The highest BCUT2D eigenvalue weighted by Crippen LogP contribution is 2.38. The molecule has 0 fully saturated rings. The van der Waals surface area contributed by atoms with Gasteiger partial charge in [-0.05, 0) is 38.5 Å². The van der Waals surface area contributed by atoms with Crippen LogP contribution in [-0.2, 0) is 11.7 Å². The van der Waals surface area contributed by atoms with Gasteiger partial charge >= 0.3 is 6.18 Å². The molecule has 2 rings (SSSR count). The first-order chi connectivity index (χ1) is 13.1. The first kappa shape index (κ1) is 22.2. The van der Waals surface area contributed by atoms with Crippen molar-refractivity contribution in [1.29, 1.82) is 0 Å². The van der Waals surface area contributed by atoms with Crippen molar-refractivity contribution in [3.63, 3.8) is 0 Å². The van der Waals surface area contributed by atoms with Crippen LogP contribution < -0.4 is 10.5 Å². The number of nitrogens with two attached hydrogens (primary N) is 1. The minimum absolute atomic E-state index is 0.0169. The summed E-state index contributed by atoms with van der Waals surface area (Å²) in [5.41, 5.74) is 3.94. The highest BCUT2D eigenvalue weighted by atomic mass is 19.4. The van der Waals surface area contributed by atoms with Crippen LogP contribution in [0.5, 0.6) is 5.75 Å². The van der Waals surface area contributed by atoms with E-state index < -0.39 is 17.3 Å². The quantitative estimate of drug-likeness (QED) is 0.535. The fourth-order valence-electron chi connectivity index (χ4n) is 2.65. The number of hydrogen-bond acceptors (Lipinski definition) is 5. The summed E-state index contributed by atoms with van der Waals surface area (Å²) in [7, 11) is 0. The zero-order chi connectivity index (χ0) is 20.8. The first-order valence-corrected chi connectivity index (χ1v) is 9.45. The fourth-order valence-corrected chi connectivity index (χ4v) is 2.65. The van der Waals surface area contributed by atoms with Gasteiger partial charge in [0.25, 0.3) is 0 Å². The Kier molecular flexibility index (Phi) is 7.46. The van der Waals surface area contributed by atoms with Gasteiger partial charge < -0.3 is 15.0 Å². The average molecular weight is 398 g/mol. The molecule has 0 spiro atoms. The smallest absolute Gasteiger partial charge is 0.419 e. The van der Waals surface area contributed by atoms with Gasteiger partial charge in [0.1, 0.15) is 5.75 Å². The van der Waals surface area contributed by atoms with Crippen LogP contribution in [0.3, 0.4) is 0 Å². The van der Waals surface area contributed by atoms with Crippen LogP contribution in [-0.4, -0.2) is 16.7 Å². The Bertz CT molecular complexity index is 752. The van der Waals surface area contributed by atoms with Crippen molar-refractivity contribution >= 4 is 0 Å². The predicted octanol–water partition coefficient (Wildman–Crippen LogP) is 5.50. The molecule has 28 heavy (non-hydrogen) atoms. The second-order valence-electron chi connectivity index (χ2n) is 7.17. The molecule has 1 radical (unpaired) electrons. The molecule has 1 heterocycles. The van der Waals surface area contributed by atoms with Crippen molar-refractivity contribution in [1.82, 2.24) is 10.1 Å². The van der Waals surface area contributed by atoms with E-state index in [1.54, 1.807) is 6.92 Å². The van der Waals surface area contributed by atoms with E-state index in [2.05, 4.69) is 24.0 Å². The lowest BCUT2D eigenvalue weighted by Crippen LogP contribution is -2.29. The molecule has 1 aromatic heterocycles. The molecule has 2 N–H and O–H groups in total. The molecule has 0 aliphatic heterocycles. The Balaban J connectivity index is 2.10. The molecule has 1 atom stereocenters. The number of alkyl halides is 3. The van der Waals surface area contributed by atoms with Gasteiger partial charge in [-0.25, -0.2) is 0 Å². The third kappa shape index (κ3) is 6.22. The molecular formula is C20H27F3N3O2. The molecule has 0 unspecified atom stereocenters. The number of nitrogens with zero attached hydrogens (tertiary/aromatic N) is 2. The molecule has 0 bridgehead atoms. The Hall–Kier alpha value is -2.09. The molecule has 0 saturated heterocycles. The normalized spacial score (nSPS) is 12.4. The third-order valence-electron chi connectivity index (χ3n) is 4.21. The van der Waals surface area contributed by atoms with Crippen LogP contribution >= 0.6 is 0 Å². The summed E-state index contributed by atoms with van der Waals surface area (Å²) in [6.45, 7) is 7.60. The van der Waals surface area contributed by atoms with E-state index >= 15 is 0 Å². The van der Waals surface area contributed by atoms with Crippen LogP contribution in [0, 0.1) is 6.92 Å². The zero-order valence-corrected chi connectivity index (χ0v) is 16.3. The second-order valence-corrected chi connectivity index (χ2v) is 7.17. The van der Waals surface area contributed by atoms with E-state index in [9.17, 15) is 13.2 Å². The zero-order valence-electron chi connectivity index (χ0n) is 16.3. The van der Waals surface area contributed by atoms with Crippen molar-refractivity contribution in [3.05, 3.63) is 36.6 Å². The van der Waals surface area contributed by atoms with E-state index in [4.69, 9.17) is 15.0 Å². The molecular weight excluding hydrogens is 371 g/mol. The lowest BCUT2D eigenvalue weighted by atomic mass is 10.1. The maximum atomic E-state index is 13.5. The van der Waals surface area contributed by atoms with E-state index in [-0.39, 0.29) is 29.6 Å². The maximum Gasteiger partial charge on any atom is 0.419 e. The monoisotopic (exact) mass is 398 g/mol. The number of ether oxygens (including phenoxy) is 1. The Labute approximate surface area is 163 Å². The number of aromatic nitrogens is 2. The summed E-state index contributed by atoms with van der Waals surface area (Å²) in [6, 6.07) is 3.72. The van der Waals surface area contributed by atoms with Gasteiger partial charge in [-0.2, -0.15) is 18.2 Å². The number of halogens is 3. The van der Waals surface area contributed by atoms with Gasteiger partial charge in [0.05, 0.1) is 17.7 Å². The summed E-state index contributed by atoms with van der Waals surface area (Å²) >= 11 is 0. The van der Waals surface area contributed by atoms with Gasteiger partial charge in [0.2, 0.25) is 11.7 Å². The minimum atomic E-state index is -4.56. The Morgan fingerprint density at radius 2 is 1.82 bits per heavy atom. The van der Waals surface area contributed by atoms with E-state index in [0.717, 1.165) is 38.2 Å². The lowest BCUT2D eigenvalue weighted by molar-refractivity contribution is -0.138. The number of benzene rings is 1. The highest BCUT2D eigenvalue weighted by Gasteiger charge is 2.35. The fraction of sp³-hybridized carbons (Fsp3) is 0.550. The molecule has 0 aliphatic carbocycles. The Morgan fingerprint density at radius 1 is 1.14 bits per heavy atom. The number of unbranched alkanes of at least 4 members (excludes halogenated alkanes) is 5. The molecule has 0 saturated carbocycles. The van der Waals surface area contributed by atoms with Crippen LogP contribution in [0.2, 0.25) is 0 Å². The summed E-state index contributed by atoms with van der Waals surface area (Å²) in [6.07, 6.45) is 1.63. The molecule has 0 aliphatic rings. The van der Waals surface area contributed by atoms with Gasteiger partial charge in [-0.15, -0.1) is 0 Å². The van der Waals surface area contributed by atoms with Crippen molar-refractivity contribution in [2.45, 2.75) is 64.1 Å². The van der Waals surface area contributed by atoms with Crippen LogP contribution in [0.25, 0.3) is 11.4 Å². The van der Waals surface area contributed by atoms with Crippen LogP contribution in [0.4, 0.5) is 13.2 Å². The standard InChI is InChI=1S/C20H27F3N3O2/c1-4-5-6-7-8-9-12-27-16-11-10-14(13-15(16)20(21,22)23)17-25-18(28-26-17)19(2,3)24/h10-11,13H,2,4-9,12,24H2,1,3H3/t19-/m0/s1. The molecule has 2 aromatic rings. The summed E-state index contributed by atoms with van der Waals surface area (Å²) in [5.74, 6) is -0.142. The van der Waals surface area contributed by atoms with Gasteiger partial charge in [0, 0.05) is 5.56 Å². The first-order valence-electron chi connectivity index (χ1n) is 9.45. The molecule has 5 nitrogen and oxygen atoms in total. The SMILES string of the molecule is [CH2][C@@](C)(N)c1nc(-c2ccc(OCCCCCCCC)c(C(F)(F)F)c2)no1. The lowest BCUT2D eigenvalue weighted by Gasteiger charge is -2.15. The summed E-state index contributed by atoms with van der Waals surface area (Å²) in [4.78, 5) is 4.04. The summed E-state index contributed by atoms with van der Waals surface area (Å²) < 4.78 is 50.8. The van der Waals surface area contributed by atoms with E-state index in [0.29, 0.717) is 0 Å².